The van der Waals surface area contributed by atoms with Crippen molar-refractivity contribution in [2.75, 3.05) is 0 Å². The summed E-state index contributed by atoms with van der Waals surface area (Å²) in [5.41, 5.74) is 13.0. The number of imidazole rings is 1. The molecule has 0 saturated carbocycles. The van der Waals surface area contributed by atoms with Gasteiger partial charge in [-0.15, -0.1) is 0 Å². The molecule has 33 heavy (non-hydrogen) atoms. The number of hydrogen-bond acceptors (Lipinski definition) is 5. The molecule has 162 valence electrons. The number of rotatable bonds is 6. The number of nitrogens with zero attached hydrogens (tertiary/aromatic N) is 4. The van der Waals surface area contributed by atoms with Crippen LogP contribution in [0.5, 0.6) is 0 Å². The predicted octanol–water partition coefficient (Wildman–Crippen LogP) is 4.33. The molecule has 7 heteroatoms. The van der Waals surface area contributed by atoms with E-state index in [0.717, 1.165) is 57.2 Å². The van der Waals surface area contributed by atoms with Gasteiger partial charge in [0.25, 0.3) is 0 Å². The van der Waals surface area contributed by atoms with E-state index in [1.807, 2.05) is 48.5 Å². The first-order valence-electron chi connectivity index (χ1n) is 10.8. The lowest BCUT2D eigenvalue weighted by molar-refractivity contribution is 0.100. The smallest absolute Gasteiger partial charge is 0.248 e. The molecule has 3 N–H and O–H groups in total. The molecular weight excluding hydrogens is 412 g/mol. The number of nitrogens with one attached hydrogen (secondary N) is 1. The SMILES string of the molecule is CCc1cccc(-c2[nH]c(Cc3ccc(C(N)=O)cc3)nc2-c2ccc3nccnc3c2)n1. The summed E-state index contributed by atoms with van der Waals surface area (Å²) in [7, 11) is 0. The molecular formula is C26H22N6O. The number of H-pyrrole nitrogens is 1. The number of carbonyl (C=O) groups excluding carboxylic acids is 1. The zero-order chi connectivity index (χ0) is 22.8. The Kier molecular flexibility index (Phi) is 5.36. The number of primary amides is 1. The summed E-state index contributed by atoms with van der Waals surface area (Å²) in [6, 6.07) is 19.2. The maximum atomic E-state index is 11.4. The van der Waals surface area contributed by atoms with E-state index >= 15 is 0 Å². The molecule has 0 atom stereocenters. The lowest BCUT2D eigenvalue weighted by Crippen LogP contribution is -2.10. The summed E-state index contributed by atoms with van der Waals surface area (Å²) in [5.74, 6) is 0.361. The number of hydrogen-bond donors (Lipinski definition) is 2. The molecule has 0 unspecified atom stereocenters. The first kappa shape index (κ1) is 20.5. The number of benzene rings is 2. The van der Waals surface area contributed by atoms with Gasteiger partial charge in [-0.2, -0.15) is 0 Å². The van der Waals surface area contributed by atoms with Crippen LogP contribution < -0.4 is 5.73 Å². The van der Waals surface area contributed by atoms with Crippen LogP contribution in [0, 0.1) is 0 Å². The first-order valence-corrected chi connectivity index (χ1v) is 10.8. The van der Waals surface area contributed by atoms with Gasteiger partial charge in [0, 0.05) is 35.6 Å². The second-order valence-electron chi connectivity index (χ2n) is 7.77. The van der Waals surface area contributed by atoms with E-state index in [1.165, 1.54) is 0 Å². The summed E-state index contributed by atoms with van der Waals surface area (Å²) < 4.78 is 0. The molecule has 0 fully saturated rings. The minimum Gasteiger partial charge on any atom is -0.366 e. The second-order valence-corrected chi connectivity index (χ2v) is 7.77. The van der Waals surface area contributed by atoms with Gasteiger partial charge in [-0.25, -0.2) is 4.98 Å². The van der Waals surface area contributed by atoms with Crippen LogP contribution in [0.3, 0.4) is 0 Å². The van der Waals surface area contributed by atoms with Crippen LogP contribution in [-0.4, -0.2) is 30.8 Å². The number of amides is 1. The highest BCUT2D eigenvalue weighted by atomic mass is 16.1. The average molecular weight is 435 g/mol. The zero-order valence-corrected chi connectivity index (χ0v) is 18.1. The van der Waals surface area contributed by atoms with Crippen molar-refractivity contribution in [3.63, 3.8) is 0 Å². The van der Waals surface area contributed by atoms with Crippen LogP contribution in [0.1, 0.15) is 34.4 Å². The Labute approximate surface area is 190 Å². The van der Waals surface area contributed by atoms with E-state index in [2.05, 4.69) is 21.9 Å². The van der Waals surface area contributed by atoms with Gasteiger partial charge in [-0.1, -0.05) is 31.2 Å². The van der Waals surface area contributed by atoms with Crippen molar-refractivity contribution in [1.82, 2.24) is 24.9 Å². The zero-order valence-electron chi connectivity index (χ0n) is 18.1. The quantitative estimate of drug-likeness (QED) is 0.413. The summed E-state index contributed by atoms with van der Waals surface area (Å²) in [6.07, 6.45) is 4.80. The van der Waals surface area contributed by atoms with Gasteiger partial charge >= 0.3 is 0 Å². The van der Waals surface area contributed by atoms with E-state index in [-0.39, 0.29) is 0 Å². The van der Waals surface area contributed by atoms with E-state index in [9.17, 15) is 4.79 Å². The van der Waals surface area contributed by atoms with Gasteiger partial charge in [0.05, 0.1) is 28.1 Å². The fourth-order valence-corrected chi connectivity index (χ4v) is 3.81. The number of carbonyl (C=O) groups is 1. The van der Waals surface area contributed by atoms with E-state index in [4.69, 9.17) is 15.7 Å². The molecule has 1 amide bonds. The van der Waals surface area contributed by atoms with Crippen molar-refractivity contribution in [1.29, 1.82) is 0 Å². The van der Waals surface area contributed by atoms with E-state index in [1.54, 1.807) is 24.5 Å². The number of aryl methyl sites for hydroxylation is 1. The summed E-state index contributed by atoms with van der Waals surface area (Å²) in [4.78, 5) is 33.4. The molecule has 0 radical (unpaired) electrons. The number of nitrogens with two attached hydrogens (primary N) is 1. The van der Waals surface area contributed by atoms with Crippen LogP contribution in [0.15, 0.2) is 73.1 Å². The van der Waals surface area contributed by atoms with Gasteiger partial charge in [0.2, 0.25) is 5.91 Å². The van der Waals surface area contributed by atoms with Gasteiger partial charge in [-0.3, -0.25) is 19.7 Å². The highest BCUT2D eigenvalue weighted by Crippen LogP contribution is 2.31. The first-order chi connectivity index (χ1) is 16.1. The highest BCUT2D eigenvalue weighted by Gasteiger charge is 2.17. The van der Waals surface area contributed by atoms with Crippen LogP contribution in [-0.2, 0) is 12.8 Å². The van der Waals surface area contributed by atoms with Crippen molar-refractivity contribution in [3.8, 4) is 22.6 Å². The number of aromatic amines is 1. The Morgan fingerprint density at radius 3 is 2.48 bits per heavy atom. The Morgan fingerprint density at radius 2 is 1.73 bits per heavy atom. The molecule has 3 aromatic heterocycles. The second kappa shape index (κ2) is 8.63. The summed E-state index contributed by atoms with van der Waals surface area (Å²) in [5, 5.41) is 0. The van der Waals surface area contributed by atoms with Crippen LogP contribution in [0.25, 0.3) is 33.7 Å². The third-order valence-corrected chi connectivity index (χ3v) is 5.53. The van der Waals surface area contributed by atoms with Crippen LogP contribution in [0.4, 0.5) is 0 Å². The van der Waals surface area contributed by atoms with Crippen molar-refractivity contribution in [2.45, 2.75) is 19.8 Å². The van der Waals surface area contributed by atoms with Crippen molar-refractivity contribution >= 4 is 16.9 Å². The largest absolute Gasteiger partial charge is 0.366 e. The summed E-state index contributed by atoms with van der Waals surface area (Å²) in [6.45, 7) is 2.09. The van der Waals surface area contributed by atoms with Gasteiger partial charge < -0.3 is 10.7 Å². The molecule has 2 aromatic carbocycles. The molecule has 0 spiro atoms. The maximum Gasteiger partial charge on any atom is 0.248 e. The minimum atomic E-state index is -0.439. The fraction of sp³-hybridized carbons (Fsp3) is 0.115. The molecule has 0 aliphatic rings. The maximum absolute atomic E-state index is 11.4. The topological polar surface area (TPSA) is 110 Å². The lowest BCUT2D eigenvalue weighted by atomic mass is 10.1. The molecule has 3 heterocycles. The Bertz CT molecular complexity index is 1460. The van der Waals surface area contributed by atoms with Gasteiger partial charge in [0.1, 0.15) is 5.82 Å². The molecule has 7 nitrogen and oxygen atoms in total. The molecule has 0 aliphatic carbocycles. The van der Waals surface area contributed by atoms with Crippen molar-refractivity contribution < 1.29 is 4.79 Å². The van der Waals surface area contributed by atoms with E-state index < -0.39 is 5.91 Å². The molecule has 0 bridgehead atoms. The molecule has 0 saturated heterocycles. The number of aromatic nitrogens is 5. The Hall–Kier alpha value is -4.39. The highest BCUT2D eigenvalue weighted by molar-refractivity contribution is 5.92. The standard InChI is InChI=1S/C26H22N6O/c1-2-19-4-3-5-21(30-19)25-24(18-10-11-20-22(15-18)29-13-12-28-20)31-23(32-25)14-16-6-8-17(9-7-16)26(27)33/h3-13,15H,2,14H2,1H3,(H2,27,33)(H,31,32). The predicted molar refractivity (Wildman–Crippen MR) is 127 cm³/mol. The lowest BCUT2D eigenvalue weighted by Gasteiger charge is -2.05. The summed E-state index contributed by atoms with van der Waals surface area (Å²) >= 11 is 0. The number of fused-ring (bicyclic) bond motifs is 1. The van der Waals surface area contributed by atoms with Crippen LogP contribution in [0.2, 0.25) is 0 Å². The Morgan fingerprint density at radius 1 is 0.939 bits per heavy atom. The average Bonchev–Trinajstić information content (AvgIpc) is 3.28. The van der Waals surface area contributed by atoms with Crippen molar-refractivity contribution in [2.24, 2.45) is 5.73 Å². The number of pyridine rings is 1. The van der Waals surface area contributed by atoms with E-state index in [0.29, 0.717) is 12.0 Å². The Balaban J connectivity index is 1.59. The molecule has 5 rings (SSSR count). The third-order valence-electron chi connectivity index (χ3n) is 5.53. The molecule has 5 aromatic rings. The normalized spacial score (nSPS) is 11.1. The van der Waals surface area contributed by atoms with Crippen molar-refractivity contribution in [3.05, 3.63) is 95.7 Å². The minimum absolute atomic E-state index is 0.439. The molecule has 0 aliphatic heterocycles. The van der Waals surface area contributed by atoms with Gasteiger partial charge in [0.15, 0.2) is 0 Å². The fourth-order valence-electron chi connectivity index (χ4n) is 3.81. The monoisotopic (exact) mass is 434 g/mol. The van der Waals surface area contributed by atoms with Gasteiger partial charge in [-0.05, 0) is 48.4 Å². The van der Waals surface area contributed by atoms with Crippen LogP contribution >= 0.6 is 0 Å². The third kappa shape index (κ3) is 4.21.